The molecule has 0 aromatic heterocycles. The Morgan fingerprint density at radius 3 is 2.41 bits per heavy atom. The van der Waals surface area contributed by atoms with Gasteiger partial charge in [-0.2, -0.15) is 0 Å². The zero-order valence-electron chi connectivity index (χ0n) is 18.4. The first-order chi connectivity index (χ1) is 15.3. The molecule has 7 nitrogen and oxygen atoms in total. The van der Waals surface area contributed by atoms with Gasteiger partial charge in [-0.05, 0) is 42.1 Å². The molecule has 3 aromatic rings. The Labute approximate surface area is 189 Å². The van der Waals surface area contributed by atoms with E-state index in [2.05, 4.69) is 5.32 Å². The molecule has 0 bridgehead atoms. The number of nitrogens with zero attached hydrogens (tertiary/aromatic N) is 1. The zero-order chi connectivity index (χ0) is 23.1. The van der Waals surface area contributed by atoms with Crippen LogP contribution in [0.4, 0.5) is 5.69 Å². The van der Waals surface area contributed by atoms with Crippen molar-refractivity contribution in [2.45, 2.75) is 19.4 Å². The van der Waals surface area contributed by atoms with Gasteiger partial charge in [0.1, 0.15) is 18.1 Å². The van der Waals surface area contributed by atoms with Gasteiger partial charge in [0.25, 0.3) is 5.91 Å². The minimum atomic E-state index is -3.34. The number of carbonyl (C=O) groups is 1. The number of benzene rings is 3. The SMILES string of the molecule is CCC(Oc1ccc(N(C)S(C)(=O)=O)cc1)C(=O)NCCOc1cccc2ccccc12. The molecule has 1 unspecified atom stereocenters. The highest BCUT2D eigenvalue weighted by atomic mass is 32.2. The van der Waals surface area contributed by atoms with Crippen molar-refractivity contribution < 1.29 is 22.7 Å². The number of rotatable bonds is 10. The molecule has 0 fully saturated rings. The van der Waals surface area contributed by atoms with Crippen molar-refractivity contribution in [3.8, 4) is 11.5 Å². The van der Waals surface area contributed by atoms with Crippen LogP contribution in [-0.4, -0.2) is 46.9 Å². The van der Waals surface area contributed by atoms with E-state index < -0.39 is 16.1 Å². The third-order valence-corrected chi connectivity index (χ3v) is 6.25. The minimum Gasteiger partial charge on any atom is -0.491 e. The van der Waals surface area contributed by atoms with Crippen LogP contribution in [0.5, 0.6) is 11.5 Å². The third kappa shape index (κ3) is 5.91. The zero-order valence-corrected chi connectivity index (χ0v) is 19.3. The number of sulfonamides is 1. The number of nitrogens with one attached hydrogen (secondary N) is 1. The van der Waals surface area contributed by atoms with Crippen LogP contribution in [0, 0.1) is 0 Å². The Bertz CT molecular complexity index is 1160. The predicted octanol–water partition coefficient (Wildman–Crippen LogP) is 3.59. The summed E-state index contributed by atoms with van der Waals surface area (Å²) in [5, 5.41) is 4.97. The second-order valence-corrected chi connectivity index (χ2v) is 9.37. The summed E-state index contributed by atoms with van der Waals surface area (Å²) >= 11 is 0. The summed E-state index contributed by atoms with van der Waals surface area (Å²) in [6, 6.07) is 20.4. The molecule has 0 radical (unpaired) electrons. The molecular formula is C24H28N2O5S. The molecule has 0 saturated heterocycles. The van der Waals surface area contributed by atoms with E-state index in [4.69, 9.17) is 9.47 Å². The van der Waals surface area contributed by atoms with Crippen molar-refractivity contribution in [2.24, 2.45) is 0 Å². The summed E-state index contributed by atoms with van der Waals surface area (Å²) in [5.74, 6) is 1.04. The fraction of sp³-hybridized carbons (Fsp3) is 0.292. The summed E-state index contributed by atoms with van der Waals surface area (Å²) in [4.78, 5) is 12.5. The number of fused-ring (bicyclic) bond motifs is 1. The Balaban J connectivity index is 1.51. The maximum atomic E-state index is 12.5. The lowest BCUT2D eigenvalue weighted by atomic mass is 10.1. The standard InChI is InChI=1S/C24H28N2O5S/c1-4-22(31-20-14-12-19(13-15-20)26(2)32(3,28)29)24(27)25-16-17-30-23-11-7-9-18-8-5-6-10-21(18)23/h5-15,22H,4,16-17H2,1-3H3,(H,25,27). The maximum absolute atomic E-state index is 12.5. The van der Waals surface area contributed by atoms with Crippen molar-refractivity contribution in [3.05, 3.63) is 66.7 Å². The molecule has 0 aliphatic rings. The van der Waals surface area contributed by atoms with Crippen LogP contribution in [0.25, 0.3) is 10.8 Å². The normalized spacial score (nSPS) is 12.2. The van der Waals surface area contributed by atoms with E-state index in [1.165, 1.54) is 11.4 Å². The fourth-order valence-electron chi connectivity index (χ4n) is 3.18. The number of carbonyl (C=O) groups excluding carboxylic acids is 1. The highest BCUT2D eigenvalue weighted by molar-refractivity contribution is 7.92. The molecule has 0 aliphatic carbocycles. The largest absolute Gasteiger partial charge is 0.491 e. The Morgan fingerprint density at radius 2 is 1.72 bits per heavy atom. The topological polar surface area (TPSA) is 84.9 Å². The molecule has 0 aliphatic heterocycles. The molecule has 0 saturated carbocycles. The first-order valence-electron chi connectivity index (χ1n) is 10.4. The van der Waals surface area contributed by atoms with Crippen LogP contribution in [0.1, 0.15) is 13.3 Å². The van der Waals surface area contributed by atoms with Crippen LogP contribution < -0.4 is 19.1 Å². The molecule has 0 heterocycles. The fourth-order valence-corrected chi connectivity index (χ4v) is 3.69. The number of amides is 1. The van der Waals surface area contributed by atoms with E-state index in [9.17, 15) is 13.2 Å². The Hall–Kier alpha value is -3.26. The highest BCUT2D eigenvalue weighted by Crippen LogP contribution is 2.25. The van der Waals surface area contributed by atoms with Crippen LogP contribution in [0.2, 0.25) is 0 Å². The Morgan fingerprint density at radius 1 is 1.03 bits per heavy atom. The van der Waals surface area contributed by atoms with Crippen LogP contribution in [-0.2, 0) is 14.8 Å². The van der Waals surface area contributed by atoms with Crippen LogP contribution in [0.15, 0.2) is 66.7 Å². The van der Waals surface area contributed by atoms with Gasteiger partial charge < -0.3 is 14.8 Å². The average molecular weight is 457 g/mol. The lowest BCUT2D eigenvalue weighted by molar-refractivity contribution is -0.128. The summed E-state index contributed by atoms with van der Waals surface area (Å²) < 4.78 is 36.1. The molecule has 0 spiro atoms. The lowest BCUT2D eigenvalue weighted by Crippen LogP contribution is -2.39. The molecule has 3 rings (SSSR count). The van der Waals surface area contributed by atoms with Gasteiger partial charge >= 0.3 is 0 Å². The summed E-state index contributed by atoms with van der Waals surface area (Å²) in [6.07, 6.45) is 0.964. The first kappa shape index (κ1) is 23.4. The first-order valence-corrected chi connectivity index (χ1v) is 12.2. The van der Waals surface area contributed by atoms with Crippen molar-refractivity contribution in [3.63, 3.8) is 0 Å². The monoisotopic (exact) mass is 456 g/mol. The lowest BCUT2D eigenvalue weighted by Gasteiger charge is -2.19. The second kappa shape index (κ2) is 10.4. The van der Waals surface area contributed by atoms with Gasteiger partial charge in [0.05, 0.1) is 18.5 Å². The maximum Gasteiger partial charge on any atom is 0.261 e. The van der Waals surface area contributed by atoms with Crippen molar-refractivity contribution in [1.82, 2.24) is 5.32 Å². The molecule has 32 heavy (non-hydrogen) atoms. The number of hydrogen-bond donors (Lipinski definition) is 1. The molecule has 1 amide bonds. The van der Waals surface area contributed by atoms with E-state index in [1.807, 2.05) is 49.4 Å². The molecule has 8 heteroatoms. The van der Waals surface area contributed by atoms with E-state index in [1.54, 1.807) is 24.3 Å². The van der Waals surface area contributed by atoms with Gasteiger partial charge in [0, 0.05) is 12.4 Å². The molecule has 170 valence electrons. The van der Waals surface area contributed by atoms with E-state index in [0.717, 1.165) is 22.8 Å². The summed E-state index contributed by atoms with van der Waals surface area (Å²) in [6.45, 7) is 2.55. The number of hydrogen-bond acceptors (Lipinski definition) is 5. The van der Waals surface area contributed by atoms with Gasteiger partial charge in [0.15, 0.2) is 6.10 Å². The predicted molar refractivity (Wildman–Crippen MR) is 127 cm³/mol. The quantitative estimate of drug-likeness (QED) is 0.471. The van der Waals surface area contributed by atoms with E-state index in [0.29, 0.717) is 31.0 Å². The Kier molecular flexibility index (Phi) is 7.58. The van der Waals surface area contributed by atoms with Gasteiger partial charge in [-0.15, -0.1) is 0 Å². The average Bonchev–Trinajstić information content (AvgIpc) is 2.79. The number of ether oxygens (including phenoxy) is 2. The van der Waals surface area contributed by atoms with Gasteiger partial charge in [-0.25, -0.2) is 8.42 Å². The van der Waals surface area contributed by atoms with E-state index in [-0.39, 0.29) is 5.91 Å². The summed E-state index contributed by atoms with van der Waals surface area (Å²) in [5.41, 5.74) is 0.517. The smallest absolute Gasteiger partial charge is 0.261 e. The number of anilines is 1. The highest BCUT2D eigenvalue weighted by Gasteiger charge is 2.18. The van der Waals surface area contributed by atoms with Gasteiger partial charge in [-0.3, -0.25) is 9.10 Å². The second-order valence-electron chi connectivity index (χ2n) is 7.36. The van der Waals surface area contributed by atoms with Crippen molar-refractivity contribution in [1.29, 1.82) is 0 Å². The third-order valence-electron chi connectivity index (χ3n) is 5.05. The molecular weight excluding hydrogens is 428 g/mol. The van der Waals surface area contributed by atoms with Crippen LogP contribution >= 0.6 is 0 Å². The van der Waals surface area contributed by atoms with Crippen molar-refractivity contribution in [2.75, 3.05) is 30.8 Å². The molecule has 1 N–H and O–H groups in total. The van der Waals surface area contributed by atoms with Gasteiger partial charge in [0.2, 0.25) is 10.0 Å². The van der Waals surface area contributed by atoms with Gasteiger partial charge in [-0.1, -0.05) is 43.3 Å². The van der Waals surface area contributed by atoms with Crippen LogP contribution in [0.3, 0.4) is 0 Å². The molecule has 3 aromatic carbocycles. The van der Waals surface area contributed by atoms with Crippen molar-refractivity contribution >= 4 is 32.4 Å². The minimum absolute atomic E-state index is 0.230. The van der Waals surface area contributed by atoms with E-state index >= 15 is 0 Å². The summed E-state index contributed by atoms with van der Waals surface area (Å²) in [7, 11) is -1.86. The molecule has 1 atom stereocenters.